The monoisotopic (exact) mass is 386 g/mol. The average molecular weight is 386 g/mol. The first-order valence-electron chi connectivity index (χ1n) is 9.20. The van der Waals surface area contributed by atoms with Crippen molar-refractivity contribution in [2.75, 3.05) is 10.7 Å². The molecule has 1 atom stereocenters. The van der Waals surface area contributed by atoms with Crippen molar-refractivity contribution in [2.24, 2.45) is 4.99 Å². The van der Waals surface area contributed by atoms with Crippen LogP contribution in [0.5, 0.6) is 11.5 Å². The molecule has 0 aromatic heterocycles. The van der Waals surface area contributed by atoms with Crippen molar-refractivity contribution in [2.45, 2.75) is 11.8 Å². The molecule has 1 fully saturated rings. The standard InChI is InChI=1S/C23H18N2O2S/c26-22-15-28-23(25(22)18-8-11-21-17(14-18)12-13-24-21)16-6-9-20(10-7-16)27-19-4-2-1-3-5-19/h1-11,13-14,23H,12,15H2. The summed E-state index contributed by atoms with van der Waals surface area (Å²) in [5, 5.41) is -0.0290. The molecule has 2 aliphatic rings. The zero-order valence-electron chi connectivity index (χ0n) is 15.1. The summed E-state index contributed by atoms with van der Waals surface area (Å²) in [5.74, 6) is 2.21. The Bertz CT molecular complexity index is 1050. The number of hydrogen-bond donors (Lipinski definition) is 0. The van der Waals surface area contributed by atoms with Gasteiger partial charge in [-0.2, -0.15) is 0 Å². The molecule has 3 aromatic rings. The van der Waals surface area contributed by atoms with E-state index in [1.165, 1.54) is 5.56 Å². The number of benzene rings is 3. The van der Waals surface area contributed by atoms with Crippen LogP contribution in [0.25, 0.3) is 0 Å². The van der Waals surface area contributed by atoms with Gasteiger partial charge in [0.25, 0.3) is 0 Å². The van der Waals surface area contributed by atoms with Crippen LogP contribution in [0.4, 0.5) is 11.4 Å². The third kappa shape index (κ3) is 3.18. The van der Waals surface area contributed by atoms with E-state index < -0.39 is 0 Å². The minimum Gasteiger partial charge on any atom is -0.457 e. The van der Waals surface area contributed by atoms with Crippen LogP contribution in [0.2, 0.25) is 0 Å². The molecular weight excluding hydrogens is 368 g/mol. The molecule has 138 valence electrons. The van der Waals surface area contributed by atoms with Crippen molar-refractivity contribution in [3.63, 3.8) is 0 Å². The van der Waals surface area contributed by atoms with Gasteiger partial charge in [-0.1, -0.05) is 30.3 Å². The Balaban J connectivity index is 1.39. The van der Waals surface area contributed by atoms with Gasteiger partial charge in [0.1, 0.15) is 16.9 Å². The SMILES string of the molecule is O=C1CSC(c2ccc(Oc3ccccc3)cc2)N1c1ccc2c(c1)CC=N2. The van der Waals surface area contributed by atoms with Gasteiger partial charge in [-0.3, -0.25) is 14.7 Å². The molecule has 4 nitrogen and oxygen atoms in total. The van der Waals surface area contributed by atoms with Crippen molar-refractivity contribution in [1.82, 2.24) is 0 Å². The summed E-state index contributed by atoms with van der Waals surface area (Å²) < 4.78 is 5.88. The van der Waals surface area contributed by atoms with E-state index in [2.05, 4.69) is 11.1 Å². The lowest BCUT2D eigenvalue weighted by molar-refractivity contribution is -0.115. The number of carbonyl (C=O) groups excluding carboxylic acids is 1. The van der Waals surface area contributed by atoms with Crippen LogP contribution in [0, 0.1) is 0 Å². The lowest BCUT2D eigenvalue weighted by Gasteiger charge is -2.25. The van der Waals surface area contributed by atoms with Crippen LogP contribution >= 0.6 is 11.8 Å². The summed E-state index contributed by atoms with van der Waals surface area (Å²) in [6.45, 7) is 0. The molecule has 2 aliphatic heterocycles. The molecule has 3 aromatic carbocycles. The number of fused-ring (bicyclic) bond motifs is 1. The number of thioether (sulfide) groups is 1. The van der Waals surface area contributed by atoms with Crippen LogP contribution in [0.1, 0.15) is 16.5 Å². The molecule has 1 unspecified atom stereocenters. The van der Waals surface area contributed by atoms with Gasteiger partial charge in [-0.15, -0.1) is 11.8 Å². The van der Waals surface area contributed by atoms with Gasteiger partial charge in [-0.05, 0) is 53.6 Å². The summed E-state index contributed by atoms with van der Waals surface area (Å²) in [6.07, 6.45) is 2.74. The summed E-state index contributed by atoms with van der Waals surface area (Å²) in [5.41, 5.74) is 4.21. The van der Waals surface area contributed by atoms with Crippen LogP contribution in [0.15, 0.2) is 77.8 Å². The molecule has 0 N–H and O–H groups in total. The minimum atomic E-state index is -0.0290. The number of para-hydroxylation sites is 1. The minimum absolute atomic E-state index is 0.0290. The smallest absolute Gasteiger partial charge is 0.238 e. The van der Waals surface area contributed by atoms with Crippen molar-refractivity contribution in [3.8, 4) is 11.5 Å². The number of carbonyl (C=O) groups is 1. The van der Waals surface area contributed by atoms with Crippen molar-refractivity contribution >= 4 is 35.3 Å². The lowest BCUT2D eigenvalue weighted by Crippen LogP contribution is -2.27. The fraction of sp³-hybridized carbons (Fsp3) is 0.130. The molecule has 0 radical (unpaired) electrons. The summed E-state index contributed by atoms with van der Waals surface area (Å²) in [6, 6.07) is 23.8. The Labute approximate surface area is 167 Å². The van der Waals surface area contributed by atoms with Crippen LogP contribution in [0.3, 0.4) is 0 Å². The van der Waals surface area contributed by atoms with E-state index in [1.54, 1.807) is 11.8 Å². The first-order chi connectivity index (χ1) is 13.8. The Morgan fingerprint density at radius 3 is 2.57 bits per heavy atom. The fourth-order valence-corrected chi connectivity index (χ4v) is 4.71. The molecular formula is C23H18N2O2S. The van der Waals surface area contributed by atoms with Gasteiger partial charge in [0.05, 0.1) is 11.4 Å². The number of ether oxygens (including phenoxy) is 1. The van der Waals surface area contributed by atoms with E-state index in [4.69, 9.17) is 4.74 Å². The maximum Gasteiger partial charge on any atom is 0.238 e. The molecule has 1 amide bonds. The van der Waals surface area contributed by atoms with Crippen molar-refractivity contribution < 1.29 is 9.53 Å². The third-order valence-corrected chi connectivity index (χ3v) is 6.11. The second-order valence-electron chi connectivity index (χ2n) is 6.74. The van der Waals surface area contributed by atoms with E-state index in [0.29, 0.717) is 5.75 Å². The largest absolute Gasteiger partial charge is 0.457 e. The summed E-state index contributed by atoms with van der Waals surface area (Å²) in [7, 11) is 0. The van der Waals surface area contributed by atoms with Crippen LogP contribution < -0.4 is 9.64 Å². The molecule has 2 heterocycles. The van der Waals surface area contributed by atoms with E-state index >= 15 is 0 Å². The van der Waals surface area contributed by atoms with Crippen LogP contribution in [-0.2, 0) is 11.2 Å². The van der Waals surface area contributed by atoms with Gasteiger partial charge < -0.3 is 4.74 Å². The van der Waals surface area contributed by atoms with Gasteiger partial charge in [-0.25, -0.2) is 0 Å². The number of anilines is 1. The molecule has 5 rings (SSSR count). The maximum absolute atomic E-state index is 12.6. The predicted octanol–water partition coefficient (Wildman–Crippen LogP) is 5.52. The number of rotatable bonds is 4. The molecule has 0 aliphatic carbocycles. The number of amides is 1. The molecule has 0 saturated carbocycles. The molecule has 0 spiro atoms. The molecule has 5 heteroatoms. The molecule has 1 saturated heterocycles. The highest BCUT2D eigenvalue weighted by Crippen LogP contribution is 2.43. The zero-order chi connectivity index (χ0) is 18.9. The first-order valence-corrected chi connectivity index (χ1v) is 10.2. The summed E-state index contributed by atoms with van der Waals surface area (Å²) in [4.78, 5) is 18.9. The second kappa shape index (κ2) is 7.17. The fourth-order valence-electron chi connectivity index (χ4n) is 3.53. The lowest BCUT2D eigenvalue weighted by atomic mass is 10.1. The summed E-state index contributed by atoms with van der Waals surface area (Å²) >= 11 is 1.65. The predicted molar refractivity (Wildman–Crippen MR) is 114 cm³/mol. The average Bonchev–Trinajstić information content (AvgIpc) is 3.35. The Morgan fingerprint density at radius 1 is 0.964 bits per heavy atom. The first kappa shape index (κ1) is 17.1. The maximum atomic E-state index is 12.6. The van der Waals surface area contributed by atoms with E-state index in [-0.39, 0.29) is 11.3 Å². The second-order valence-corrected chi connectivity index (χ2v) is 7.81. The highest BCUT2D eigenvalue weighted by molar-refractivity contribution is 8.00. The van der Waals surface area contributed by atoms with Gasteiger partial charge in [0, 0.05) is 18.3 Å². The van der Waals surface area contributed by atoms with E-state index in [9.17, 15) is 4.79 Å². The van der Waals surface area contributed by atoms with E-state index in [0.717, 1.165) is 34.9 Å². The number of nitrogens with zero attached hydrogens (tertiary/aromatic N) is 2. The van der Waals surface area contributed by atoms with Gasteiger partial charge in [0.15, 0.2) is 0 Å². The van der Waals surface area contributed by atoms with Gasteiger partial charge in [0.2, 0.25) is 5.91 Å². The number of aliphatic imine (C=N–C) groups is 1. The van der Waals surface area contributed by atoms with Crippen molar-refractivity contribution in [1.29, 1.82) is 0 Å². The third-order valence-electron chi connectivity index (χ3n) is 4.89. The Hall–Kier alpha value is -3.05. The van der Waals surface area contributed by atoms with E-state index in [1.807, 2.05) is 77.8 Å². The van der Waals surface area contributed by atoms with Gasteiger partial charge >= 0.3 is 0 Å². The van der Waals surface area contributed by atoms with Crippen LogP contribution in [-0.4, -0.2) is 17.9 Å². The highest BCUT2D eigenvalue weighted by atomic mass is 32.2. The highest BCUT2D eigenvalue weighted by Gasteiger charge is 2.34. The number of hydrogen-bond acceptors (Lipinski definition) is 4. The molecule has 0 bridgehead atoms. The van der Waals surface area contributed by atoms with Crippen molar-refractivity contribution in [3.05, 3.63) is 83.9 Å². The Kier molecular flexibility index (Phi) is 4.37. The topological polar surface area (TPSA) is 41.9 Å². The quantitative estimate of drug-likeness (QED) is 0.593. The Morgan fingerprint density at radius 2 is 1.75 bits per heavy atom. The zero-order valence-corrected chi connectivity index (χ0v) is 15.9. The normalized spacial score (nSPS) is 17.8. The molecule has 28 heavy (non-hydrogen) atoms.